The molecule has 1 rings (SSSR count). The van der Waals surface area contributed by atoms with Gasteiger partial charge in [-0.15, -0.1) is 6.42 Å². The molecule has 0 spiro atoms. The summed E-state index contributed by atoms with van der Waals surface area (Å²) in [6.07, 6.45) is 6.27. The molecule has 0 saturated heterocycles. The Kier molecular flexibility index (Phi) is 4.64. The van der Waals surface area contributed by atoms with Crippen LogP contribution in [0.3, 0.4) is 0 Å². The molecule has 0 amide bonds. The molecular weight excluding hydrogens is 240 g/mol. The average molecular weight is 253 g/mol. The average Bonchev–Trinajstić information content (AvgIpc) is 2.19. The zero-order valence-corrected chi connectivity index (χ0v) is 9.71. The molecule has 2 nitrogen and oxygen atoms in total. The molecule has 0 radical (unpaired) electrons. The zero-order valence-electron chi connectivity index (χ0n) is 8.13. The van der Waals surface area contributed by atoms with Crippen LogP contribution in [0.15, 0.2) is 22.8 Å². The third-order valence-electron chi connectivity index (χ3n) is 1.91. The largest absolute Gasteiger partial charge is 0.298 e. The fourth-order valence-electron chi connectivity index (χ4n) is 1.10. The maximum Gasteiger partial charge on any atom is 0.106 e. The SMILES string of the molecule is C#CC(CC)NCc1cccc(Br)n1. The van der Waals surface area contributed by atoms with Crippen molar-refractivity contribution in [3.05, 3.63) is 28.5 Å². The topological polar surface area (TPSA) is 24.9 Å². The van der Waals surface area contributed by atoms with Gasteiger partial charge in [-0.2, -0.15) is 0 Å². The highest BCUT2D eigenvalue weighted by atomic mass is 79.9. The molecule has 74 valence electrons. The quantitative estimate of drug-likeness (QED) is 0.658. The van der Waals surface area contributed by atoms with Gasteiger partial charge in [0.25, 0.3) is 0 Å². The summed E-state index contributed by atoms with van der Waals surface area (Å²) in [6, 6.07) is 5.98. The molecule has 0 aliphatic rings. The molecule has 0 aliphatic heterocycles. The lowest BCUT2D eigenvalue weighted by Gasteiger charge is -2.09. The molecule has 1 unspecified atom stereocenters. The third-order valence-corrected chi connectivity index (χ3v) is 2.35. The number of pyridine rings is 1. The standard InChI is InChI=1S/C11H13BrN2/c1-3-9(4-2)13-8-10-6-5-7-11(12)14-10/h1,5-7,9,13H,4,8H2,2H3. The summed E-state index contributed by atoms with van der Waals surface area (Å²) in [7, 11) is 0. The molecule has 1 N–H and O–H groups in total. The van der Waals surface area contributed by atoms with Crippen molar-refractivity contribution in [1.29, 1.82) is 0 Å². The van der Waals surface area contributed by atoms with Crippen LogP contribution in [0, 0.1) is 12.3 Å². The molecule has 1 heterocycles. The highest BCUT2D eigenvalue weighted by molar-refractivity contribution is 9.10. The fourth-order valence-corrected chi connectivity index (χ4v) is 1.48. The fraction of sp³-hybridized carbons (Fsp3) is 0.364. The molecule has 0 saturated carbocycles. The first-order valence-electron chi connectivity index (χ1n) is 4.57. The molecular formula is C11H13BrN2. The van der Waals surface area contributed by atoms with Crippen LogP contribution in [0.4, 0.5) is 0 Å². The summed E-state index contributed by atoms with van der Waals surface area (Å²) >= 11 is 3.32. The minimum Gasteiger partial charge on any atom is -0.298 e. The lowest BCUT2D eigenvalue weighted by Crippen LogP contribution is -2.26. The van der Waals surface area contributed by atoms with Gasteiger partial charge in [-0.05, 0) is 34.5 Å². The smallest absolute Gasteiger partial charge is 0.106 e. The highest BCUT2D eigenvalue weighted by Gasteiger charge is 2.01. The van der Waals surface area contributed by atoms with Crippen LogP contribution in [0.2, 0.25) is 0 Å². The molecule has 0 aliphatic carbocycles. The van der Waals surface area contributed by atoms with E-state index < -0.39 is 0 Å². The van der Waals surface area contributed by atoms with Gasteiger partial charge < -0.3 is 0 Å². The van der Waals surface area contributed by atoms with Gasteiger partial charge in [0, 0.05) is 6.54 Å². The Balaban J connectivity index is 2.50. The number of aromatic nitrogens is 1. The van der Waals surface area contributed by atoms with Crippen LogP contribution in [0.25, 0.3) is 0 Å². The Morgan fingerprint density at radius 2 is 2.43 bits per heavy atom. The number of halogens is 1. The lowest BCUT2D eigenvalue weighted by molar-refractivity contribution is 0.585. The predicted molar refractivity (Wildman–Crippen MR) is 61.7 cm³/mol. The molecule has 14 heavy (non-hydrogen) atoms. The molecule has 3 heteroatoms. The molecule has 1 atom stereocenters. The molecule has 1 aromatic heterocycles. The maximum absolute atomic E-state index is 5.34. The first kappa shape index (κ1) is 11.2. The van der Waals surface area contributed by atoms with Crippen LogP contribution in [0.5, 0.6) is 0 Å². The minimum absolute atomic E-state index is 0.135. The lowest BCUT2D eigenvalue weighted by atomic mass is 10.2. The Labute approximate surface area is 93.3 Å². The number of hydrogen-bond donors (Lipinski definition) is 1. The van der Waals surface area contributed by atoms with Gasteiger partial charge in [-0.1, -0.05) is 18.9 Å². The summed E-state index contributed by atoms with van der Waals surface area (Å²) in [4.78, 5) is 4.30. The van der Waals surface area contributed by atoms with E-state index in [4.69, 9.17) is 6.42 Å². The van der Waals surface area contributed by atoms with E-state index in [1.54, 1.807) is 0 Å². The minimum atomic E-state index is 0.135. The van der Waals surface area contributed by atoms with Gasteiger partial charge >= 0.3 is 0 Å². The summed E-state index contributed by atoms with van der Waals surface area (Å²) < 4.78 is 0.852. The Hall–Kier alpha value is -0.850. The number of rotatable bonds is 4. The van der Waals surface area contributed by atoms with Crippen molar-refractivity contribution in [1.82, 2.24) is 10.3 Å². The van der Waals surface area contributed by atoms with Crippen LogP contribution in [0.1, 0.15) is 19.0 Å². The predicted octanol–water partition coefficient (Wildman–Crippen LogP) is 2.35. The highest BCUT2D eigenvalue weighted by Crippen LogP contribution is 2.06. The van der Waals surface area contributed by atoms with Gasteiger partial charge in [-0.25, -0.2) is 4.98 Å². The number of nitrogens with one attached hydrogen (secondary N) is 1. The molecule has 0 aromatic carbocycles. The Morgan fingerprint density at radius 3 is 3.00 bits per heavy atom. The van der Waals surface area contributed by atoms with Crippen molar-refractivity contribution in [3.8, 4) is 12.3 Å². The van der Waals surface area contributed by atoms with Crippen molar-refractivity contribution >= 4 is 15.9 Å². The van der Waals surface area contributed by atoms with E-state index >= 15 is 0 Å². The van der Waals surface area contributed by atoms with Gasteiger partial charge in [0.15, 0.2) is 0 Å². The number of nitrogens with zero attached hydrogens (tertiary/aromatic N) is 1. The maximum atomic E-state index is 5.34. The van der Waals surface area contributed by atoms with Crippen LogP contribution >= 0.6 is 15.9 Å². The van der Waals surface area contributed by atoms with Crippen molar-refractivity contribution < 1.29 is 0 Å². The third kappa shape index (κ3) is 3.49. The second kappa shape index (κ2) is 5.79. The summed E-state index contributed by atoms with van der Waals surface area (Å²) in [5.74, 6) is 2.69. The summed E-state index contributed by atoms with van der Waals surface area (Å²) in [5.41, 5.74) is 0.994. The van der Waals surface area contributed by atoms with E-state index in [2.05, 4.69) is 39.1 Å². The van der Waals surface area contributed by atoms with Crippen molar-refractivity contribution in [2.75, 3.05) is 0 Å². The Bertz CT molecular complexity index is 330. The first-order chi connectivity index (χ1) is 6.76. The van der Waals surface area contributed by atoms with E-state index in [-0.39, 0.29) is 6.04 Å². The van der Waals surface area contributed by atoms with Crippen molar-refractivity contribution in [2.45, 2.75) is 25.9 Å². The van der Waals surface area contributed by atoms with E-state index in [0.717, 1.165) is 16.7 Å². The van der Waals surface area contributed by atoms with E-state index in [0.29, 0.717) is 6.54 Å². The van der Waals surface area contributed by atoms with Gasteiger partial charge in [0.05, 0.1) is 11.7 Å². The molecule has 1 aromatic rings. The summed E-state index contributed by atoms with van der Waals surface area (Å²) in [6.45, 7) is 2.77. The molecule has 0 fully saturated rings. The Morgan fingerprint density at radius 1 is 1.64 bits per heavy atom. The first-order valence-corrected chi connectivity index (χ1v) is 5.36. The second-order valence-corrected chi connectivity index (χ2v) is 3.77. The van der Waals surface area contributed by atoms with Crippen molar-refractivity contribution in [2.24, 2.45) is 0 Å². The van der Waals surface area contributed by atoms with E-state index in [1.165, 1.54) is 0 Å². The number of terminal acetylenes is 1. The molecule has 0 bridgehead atoms. The zero-order chi connectivity index (χ0) is 10.4. The second-order valence-electron chi connectivity index (χ2n) is 2.96. The van der Waals surface area contributed by atoms with Crippen LogP contribution in [-0.4, -0.2) is 11.0 Å². The van der Waals surface area contributed by atoms with E-state index in [1.807, 2.05) is 18.2 Å². The number of hydrogen-bond acceptors (Lipinski definition) is 2. The van der Waals surface area contributed by atoms with Crippen LogP contribution in [-0.2, 0) is 6.54 Å². The van der Waals surface area contributed by atoms with Gasteiger partial charge in [0.2, 0.25) is 0 Å². The van der Waals surface area contributed by atoms with Crippen molar-refractivity contribution in [3.63, 3.8) is 0 Å². The van der Waals surface area contributed by atoms with Gasteiger partial charge in [-0.3, -0.25) is 5.32 Å². The van der Waals surface area contributed by atoms with E-state index in [9.17, 15) is 0 Å². The normalized spacial score (nSPS) is 12.1. The van der Waals surface area contributed by atoms with Gasteiger partial charge in [0.1, 0.15) is 4.60 Å². The van der Waals surface area contributed by atoms with Crippen LogP contribution < -0.4 is 5.32 Å². The monoisotopic (exact) mass is 252 g/mol. The summed E-state index contributed by atoms with van der Waals surface area (Å²) in [5, 5.41) is 3.24.